The number of benzene rings is 1. The van der Waals surface area contributed by atoms with E-state index in [9.17, 15) is 4.79 Å². The Hall–Kier alpha value is -1.46. The zero-order valence-electron chi connectivity index (χ0n) is 13.2. The molecule has 1 aromatic carbocycles. The second kappa shape index (κ2) is 6.75. The molecule has 2 aromatic rings. The van der Waals surface area contributed by atoms with Gasteiger partial charge in [-0.3, -0.25) is 9.69 Å². The Morgan fingerprint density at radius 2 is 2.36 bits per heavy atom. The van der Waals surface area contributed by atoms with Crippen LogP contribution < -0.4 is 4.90 Å². The van der Waals surface area contributed by atoms with E-state index in [-0.39, 0.29) is 12.0 Å². The van der Waals surface area contributed by atoms with E-state index < -0.39 is 0 Å². The normalized spacial score (nSPS) is 18.0. The van der Waals surface area contributed by atoms with Gasteiger partial charge in [-0.15, -0.1) is 0 Å². The van der Waals surface area contributed by atoms with Gasteiger partial charge in [0.2, 0.25) is 5.91 Å². The Bertz CT molecular complexity index is 662. The van der Waals surface area contributed by atoms with Gasteiger partial charge in [0.1, 0.15) is 0 Å². The highest BCUT2D eigenvalue weighted by molar-refractivity contribution is 7.22. The second-order valence-corrected chi connectivity index (χ2v) is 6.87. The molecule has 1 aromatic heterocycles. The molecule has 0 aliphatic carbocycles. The van der Waals surface area contributed by atoms with Crippen molar-refractivity contribution in [2.24, 2.45) is 0 Å². The summed E-state index contributed by atoms with van der Waals surface area (Å²) < 4.78 is 6.85. The molecule has 5 heteroatoms. The predicted octanol–water partition coefficient (Wildman–Crippen LogP) is 3.92. The molecule has 1 amide bonds. The van der Waals surface area contributed by atoms with Crippen molar-refractivity contribution in [3.8, 4) is 0 Å². The number of thiazole rings is 1. The van der Waals surface area contributed by atoms with E-state index in [1.54, 1.807) is 11.3 Å². The first-order valence-corrected chi connectivity index (χ1v) is 8.78. The molecule has 4 nitrogen and oxygen atoms in total. The largest absolute Gasteiger partial charge is 0.376 e. The van der Waals surface area contributed by atoms with Crippen molar-refractivity contribution >= 4 is 32.6 Å². The van der Waals surface area contributed by atoms with Crippen LogP contribution in [0.3, 0.4) is 0 Å². The van der Waals surface area contributed by atoms with E-state index in [2.05, 4.69) is 24.0 Å². The maximum absolute atomic E-state index is 12.5. The zero-order chi connectivity index (χ0) is 15.5. The third-order valence-corrected chi connectivity index (χ3v) is 4.98. The number of nitrogens with zero attached hydrogens (tertiary/aromatic N) is 2. The average molecular weight is 318 g/mol. The third kappa shape index (κ3) is 3.31. The SMILES string of the molecule is CCCC(=O)N(CC1CCCO1)c1nc2ccc(C)cc2s1. The van der Waals surface area contributed by atoms with Crippen LogP contribution in [0.4, 0.5) is 5.13 Å². The Balaban J connectivity index is 1.89. The summed E-state index contributed by atoms with van der Waals surface area (Å²) in [7, 11) is 0. The fourth-order valence-corrected chi connectivity index (χ4v) is 3.85. The van der Waals surface area contributed by atoms with E-state index in [1.165, 1.54) is 5.56 Å². The van der Waals surface area contributed by atoms with Gasteiger partial charge in [0.05, 0.1) is 22.9 Å². The van der Waals surface area contributed by atoms with Crippen LogP contribution >= 0.6 is 11.3 Å². The Morgan fingerprint density at radius 1 is 1.50 bits per heavy atom. The lowest BCUT2D eigenvalue weighted by atomic mass is 10.2. The molecule has 0 spiro atoms. The van der Waals surface area contributed by atoms with Gasteiger partial charge in [0.25, 0.3) is 0 Å². The summed E-state index contributed by atoms with van der Waals surface area (Å²) in [6.45, 7) is 5.53. The lowest BCUT2D eigenvalue weighted by Crippen LogP contribution is -2.37. The molecule has 0 N–H and O–H groups in total. The number of hydrogen-bond donors (Lipinski definition) is 0. The monoisotopic (exact) mass is 318 g/mol. The van der Waals surface area contributed by atoms with Crippen LogP contribution in [0.15, 0.2) is 18.2 Å². The van der Waals surface area contributed by atoms with Gasteiger partial charge >= 0.3 is 0 Å². The standard InChI is InChI=1S/C17H22N2O2S/c1-3-5-16(20)19(11-13-6-4-9-21-13)17-18-14-8-7-12(2)10-15(14)22-17/h7-8,10,13H,3-6,9,11H2,1-2H3. The molecular formula is C17H22N2O2S. The van der Waals surface area contributed by atoms with E-state index in [0.717, 1.165) is 41.2 Å². The first-order valence-electron chi connectivity index (χ1n) is 7.96. The summed E-state index contributed by atoms with van der Waals surface area (Å²) in [5.74, 6) is 0.147. The van der Waals surface area contributed by atoms with E-state index in [0.29, 0.717) is 13.0 Å². The summed E-state index contributed by atoms with van der Waals surface area (Å²) in [6, 6.07) is 6.22. The highest BCUT2D eigenvalue weighted by atomic mass is 32.1. The second-order valence-electron chi connectivity index (χ2n) is 5.86. The summed E-state index contributed by atoms with van der Waals surface area (Å²) >= 11 is 1.60. The van der Waals surface area contributed by atoms with E-state index in [4.69, 9.17) is 4.74 Å². The Kier molecular flexibility index (Phi) is 4.74. The number of anilines is 1. The number of hydrogen-bond acceptors (Lipinski definition) is 4. The first-order chi connectivity index (χ1) is 10.7. The molecule has 22 heavy (non-hydrogen) atoms. The zero-order valence-corrected chi connectivity index (χ0v) is 14.0. The molecule has 118 valence electrons. The van der Waals surface area contributed by atoms with Crippen LogP contribution in [0, 0.1) is 6.92 Å². The molecule has 0 radical (unpaired) electrons. The van der Waals surface area contributed by atoms with Crippen molar-refractivity contribution in [3.63, 3.8) is 0 Å². The lowest BCUT2D eigenvalue weighted by Gasteiger charge is -2.22. The van der Waals surface area contributed by atoms with Crippen molar-refractivity contribution < 1.29 is 9.53 Å². The van der Waals surface area contributed by atoms with Gasteiger partial charge in [-0.25, -0.2) is 4.98 Å². The highest BCUT2D eigenvalue weighted by Crippen LogP contribution is 2.31. The number of aromatic nitrogens is 1. The minimum atomic E-state index is 0.147. The maximum atomic E-state index is 12.5. The molecule has 1 aliphatic heterocycles. The molecule has 1 fully saturated rings. The summed E-state index contributed by atoms with van der Waals surface area (Å²) in [4.78, 5) is 19.0. The molecule has 1 aliphatic rings. The van der Waals surface area contributed by atoms with Crippen molar-refractivity contribution in [2.45, 2.75) is 45.6 Å². The topological polar surface area (TPSA) is 42.4 Å². The minimum absolute atomic E-state index is 0.147. The number of fused-ring (bicyclic) bond motifs is 1. The van der Waals surface area contributed by atoms with Gasteiger partial charge < -0.3 is 4.74 Å². The van der Waals surface area contributed by atoms with Crippen molar-refractivity contribution in [2.75, 3.05) is 18.1 Å². The van der Waals surface area contributed by atoms with Crippen LogP contribution in [0.2, 0.25) is 0 Å². The Morgan fingerprint density at radius 3 is 3.09 bits per heavy atom. The number of carbonyl (C=O) groups is 1. The van der Waals surface area contributed by atoms with E-state index >= 15 is 0 Å². The molecule has 0 saturated carbocycles. The van der Waals surface area contributed by atoms with Crippen molar-refractivity contribution in [1.82, 2.24) is 4.98 Å². The molecule has 1 saturated heterocycles. The van der Waals surface area contributed by atoms with Crippen LogP contribution in [0.5, 0.6) is 0 Å². The predicted molar refractivity (Wildman–Crippen MR) is 90.6 cm³/mol. The fourth-order valence-electron chi connectivity index (χ4n) is 2.76. The lowest BCUT2D eigenvalue weighted by molar-refractivity contribution is -0.119. The molecule has 0 bridgehead atoms. The molecule has 1 unspecified atom stereocenters. The number of aryl methyl sites for hydroxylation is 1. The summed E-state index contributed by atoms with van der Waals surface area (Å²) in [5.41, 5.74) is 2.18. The number of ether oxygens (including phenoxy) is 1. The summed E-state index contributed by atoms with van der Waals surface area (Å²) in [5, 5.41) is 0.801. The molecular weight excluding hydrogens is 296 g/mol. The van der Waals surface area contributed by atoms with Gasteiger partial charge in [0, 0.05) is 13.0 Å². The van der Waals surface area contributed by atoms with Crippen molar-refractivity contribution in [3.05, 3.63) is 23.8 Å². The Labute approximate surface area is 135 Å². The van der Waals surface area contributed by atoms with Gasteiger partial charge in [-0.05, 0) is 43.9 Å². The number of rotatable bonds is 5. The van der Waals surface area contributed by atoms with Crippen LogP contribution in [-0.2, 0) is 9.53 Å². The molecule has 2 heterocycles. The van der Waals surface area contributed by atoms with E-state index in [1.807, 2.05) is 17.9 Å². The number of carbonyl (C=O) groups excluding carboxylic acids is 1. The van der Waals surface area contributed by atoms with Gasteiger partial charge in [-0.2, -0.15) is 0 Å². The molecule has 3 rings (SSSR count). The first kappa shape index (κ1) is 15.4. The fraction of sp³-hybridized carbons (Fsp3) is 0.529. The maximum Gasteiger partial charge on any atom is 0.228 e. The number of amides is 1. The average Bonchev–Trinajstić information content (AvgIpc) is 3.13. The highest BCUT2D eigenvalue weighted by Gasteiger charge is 2.25. The molecule has 1 atom stereocenters. The smallest absolute Gasteiger partial charge is 0.228 e. The van der Waals surface area contributed by atoms with Gasteiger partial charge in [-0.1, -0.05) is 24.3 Å². The summed E-state index contributed by atoms with van der Waals surface area (Å²) in [6.07, 6.45) is 3.67. The van der Waals surface area contributed by atoms with Crippen LogP contribution in [-0.4, -0.2) is 30.1 Å². The van der Waals surface area contributed by atoms with Crippen molar-refractivity contribution in [1.29, 1.82) is 0 Å². The van der Waals surface area contributed by atoms with Crippen LogP contribution in [0.25, 0.3) is 10.2 Å². The quantitative estimate of drug-likeness (QED) is 0.839. The minimum Gasteiger partial charge on any atom is -0.376 e. The van der Waals surface area contributed by atoms with Gasteiger partial charge in [0.15, 0.2) is 5.13 Å². The third-order valence-electron chi connectivity index (χ3n) is 3.94. The van der Waals surface area contributed by atoms with Crippen LogP contribution in [0.1, 0.15) is 38.2 Å².